The Kier molecular flexibility index (Phi) is 3.64. The summed E-state index contributed by atoms with van der Waals surface area (Å²) in [5.74, 6) is -0.560. The maximum atomic E-state index is 10.4. The van der Waals surface area contributed by atoms with Crippen LogP contribution in [0.2, 0.25) is 0 Å². The molecule has 1 fully saturated rings. The van der Waals surface area contributed by atoms with Gasteiger partial charge in [-0.15, -0.1) is 0 Å². The summed E-state index contributed by atoms with van der Waals surface area (Å²) < 4.78 is 10.6. The molecule has 1 rings (SSSR count). The van der Waals surface area contributed by atoms with E-state index in [1.54, 1.807) is 14.2 Å². The van der Waals surface area contributed by atoms with Gasteiger partial charge < -0.3 is 19.4 Å². The minimum atomic E-state index is -0.845. The zero-order valence-corrected chi connectivity index (χ0v) is 8.78. The van der Waals surface area contributed by atoms with Crippen LogP contribution in [0.5, 0.6) is 0 Å². The van der Waals surface area contributed by atoms with Crippen molar-refractivity contribution in [3.05, 3.63) is 0 Å². The fourth-order valence-corrected chi connectivity index (χ4v) is 1.95. The van der Waals surface area contributed by atoms with E-state index in [1.807, 2.05) is 0 Å². The Bertz CT molecular complexity index is 188. The van der Waals surface area contributed by atoms with Gasteiger partial charge in [0.05, 0.1) is 5.60 Å². The lowest BCUT2D eigenvalue weighted by Crippen LogP contribution is -2.45. The van der Waals surface area contributed by atoms with Crippen LogP contribution >= 0.6 is 0 Å². The van der Waals surface area contributed by atoms with Crippen LogP contribution in [0.1, 0.15) is 32.1 Å². The topological polar surface area (TPSA) is 55.8 Å². The Hall–Kier alpha value is -0.450. The molecule has 1 aliphatic carbocycles. The SMILES string of the molecule is COC1(OC)CCC(O)(CC=O)CC1. The molecule has 82 valence electrons. The number of aliphatic hydroxyl groups is 1. The van der Waals surface area contributed by atoms with Gasteiger partial charge in [-0.05, 0) is 12.8 Å². The lowest BCUT2D eigenvalue weighted by atomic mass is 9.79. The second-order valence-electron chi connectivity index (χ2n) is 3.91. The lowest BCUT2D eigenvalue weighted by molar-refractivity contribution is -0.241. The highest BCUT2D eigenvalue weighted by molar-refractivity contribution is 5.51. The Morgan fingerprint density at radius 2 is 1.71 bits per heavy atom. The summed E-state index contributed by atoms with van der Waals surface area (Å²) in [6.07, 6.45) is 3.33. The molecule has 0 spiro atoms. The molecule has 0 atom stereocenters. The number of hydrogen-bond acceptors (Lipinski definition) is 4. The van der Waals surface area contributed by atoms with E-state index < -0.39 is 11.4 Å². The first-order chi connectivity index (χ1) is 6.60. The van der Waals surface area contributed by atoms with Gasteiger partial charge >= 0.3 is 0 Å². The van der Waals surface area contributed by atoms with Crippen LogP contribution in [-0.2, 0) is 14.3 Å². The number of ether oxygens (including phenoxy) is 2. The minimum Gasteiger partial charge on any atom is -0.389 e. The second kappa shape index (κ2) is 4.38. The maximum absolute atomic E-state index is 10.4. The van der Waals surface area contributed by atoms with Crippen molar-refractivity contribution in [1.82, 2.24) is 0 Å². The van der Waals surface area contributed by atoms with Crippen molar-refractivity contribution in [2.24, 2.45) is 0 Å². The summed E-state index contributed by atoms with van der Waals surface area (Å²) in [5, 5.41) is 9.95. The maximum Gasteiger partial charge on any atom is 0.167 e. The first-order valence-corrected chi connectivity index (χ1v) is 4.86. The molecule has 0 aromatic heterocycles. The molecule has 1 N–H and O–H groups in total. The van der Waals surface area contributed by atoms with Crippen LogP contribution in [-0.4, -0.2) is 37.0 Å². The van der Waals surface area contributed by atoms with Crippen LogP contribution in [0.3, 0.4) is 0 Å². The number of carbonyl (C=O) groups excluding carboxylic acids is 1. The number of hydrogen-bond donors (Lipinski definition) is 1. The fourth-order valence-electron chi connectivity index (χ4n) is 1.95. The molecular formula is C10H18O4. The van der Waals surface area contributed by atoms with Gasteiger partial charge in [0.15, 0.2) is 5.79 Å². The third-order valence-corrected chi connectivity index (χ3v) is 3.15. The third-order valence-electron chi connectivity index (χ3n) is 3.15. The third kappa shape index (κ3) is 2.32. The monoisotopic (exact) mass is 202 g/mol. The second-order valence-corrected chi connectivity index (χ2v) is 3.91. The first-order valence-electron chi connectivity index (χ1n) is 4.86. The predicted octanol–water partition coefficient (Wildman–Crippen LogP) is 0.870. The van der Waals surface area contributed by atoms with E-state index in [4.69, 9.17) is 9.47 Å². The smallest absolute Gasteiger partial charge is 0.167 e. The first kappa shape index (κ1) is 11.6. The largest absolute Gasteiger partial charge is 0.389 e. The molecule has 0 bridgehead atoms. The summed E-state index contributed by atoms with van der Waals surface area (Å²) in [6.45, 7) is 0. The van der Waals surface area contributed by atoms with Gasteiger partial charge in [-0.1, -0.05) is 0 Å². The van der Waals surface area contributed by atoms with E-state index in [1.165, 1.54) is 0 Å². The molecule has 1 aliphatic rings. The van der Waals surface area contributed by atoms with Gasteiger partial charge in [-0.2, -0.15) is 0 Å². The van der Waals surface area contributed by atoms with Crippen molar-refractivity contribution < 1.29 is 19.4 Å². The highest BCUT2D eigenvalue weighted by atomic mass is 16.7. The van der Waals surface area contributed by atoms with Gasteiger partial charge in [0, 0.05) is 33.5 Å². The zero-order chi connectivity index (χ0) is 10.7. The molecule has 0 aliphatic heterocycles. The standard InChI is InChI=1S/C10H18O4/c1-13-10(14-2)5-3-9(12,4-6-10)7-8-11/h8,12H,3-7H2,1-2H3. The van der Waals surface area contributed by atoms with Gasteiger partial charge in [0.25, 0.3) is 0 Å². The molecule has 1 saturated carbocycles. The average molecular weight is 202 g/mol. The minimum absolute atomic E-state index is 0.205. The van der Waals surface area contributed by atoms with Crippen molar-refractivity contribution >= 4 is 6.29 Å². The summed E-state index contributed by atoms with van der Waals surface area (Å²) in [4.78, 5) is 10.4. The van der Waals surface area contributed by atoms with Crippen LogP contribution < -0.4 is 0 Å². The molecule has 14 heavy (non-hydrogen) atoms. The highest BCUT2D eigenvalue weighted by Gasteiger charge is 2.41. The number of aldehydes is 1. The van der Waals surface area contributed by atoms with Crippen LogP contribution in [0, 0.1) is 0 Å². The number of rotatable bonds is 4. The molecule has 0 heterocycles. The van der Waals surface area contributed by atoms with E-state index >= 15 is 0 Å². The van der Waals surface area contributed by atoms with Crippen LogP contribution in [0.25, 0.3) is 0 Å². The van der Waals surface area contributed by atoms with Crippen LogP contribution in [0.15, 0.2) is 0 Å². The number of carbonyl (C=O) groups is 1. The molecular weight excluding hydrogens is 184 g/mol. The van der Waals surface area contributed by atoms with Gasteiger partial charge in [0.1, 0.15) is 6.29 Å². The van der Waals surface area contributed by atoms with E-state index in [9.17, 15) is 9.90 Å². The van der Waals surface area contributed by atoms with Crippen molar-refractivity contribution in [1.29, 1.82) is 0 Å². The molecule has 4 heteroatoms. The quantitative estimate of drug-likeness (QED) is 0.543. The Labute approximate surface area is 84.2 Å². The molecule has 0 radical (unpaired) electrons. The summed E-state index contributed by atoms with van der Waals surface area (Å²) >= 11 is 0. The number of methoxy groups -OCH3 is 2. The summed E-state index contributed by atoms with van der Waals surface area (Å²) in [5.41, 5.74) is -0.845. The van der Waals surface area contributed by atoms with Crippen molar-refractivity contribution in [3.8, 4) is 0 Å². The highest BCUT2D eigenvalue weighted by Crippen LogP contribution is 2.38. The van der Waals surface area contributed by atoms with Crippen LogP contribution in [0.4, 0.5) is 0 Å². The fraction of sp³-hybridized carbons (Fsp3) is 0.900. The zero-order valence-electron chi connectivity index (χ0n) is 8.78. The van der Waals surface area contributed by atoms with Gasteiger partial charge in [-0.25, -0.2) is 0 Å². The Morgan fingerprint density at radius 1 is 1.21 bits per heavy atom. The molecule has 0 aromatic carbocycles. The van der Waals surface area contributed by atoms with Gasteiger partial charge in [-0.3, -0.25) is 0 Å². The molecule has 0 unspecified atom stereocenters. The lowest BCUT2D eigenvalue weighted by Gasteiger charge is -2.41. The normalized spacial score (nSPS) is 24.5. The van der Waals surface area contributed by atoms with E-state index in [2.05, 4.69) is 0 Å². The molecule has 4 nitrogen and oxygen atoms in total. The van der Waals surface area contributed by atoms with Crippen molar-refractivity contribution in [3.63, 3.8) is 0 Å². The summed E-state index contributed by atoms with van der Waals surface area (Å²) in [6, 6.07) is 0. The average Bonchev–Trinajstić information content (AvgIpc) is 2.20. The van der Waals surface area contributed by atoms with E-state index in [0.717, 1.165) is 6.29 Å². The summed E-state index contributed by atoms with van der Waals surface area (Å²) in [7, 11) is 3.21. The van der Waals surface area contributed by atoms with E-state index in [-0.39, 0.29) is 6.42 Å². The van der Waals surface area contributed by atoms with Gasteiger partial charge in [0.2, 0.25) is 0 Å². The molecule has 0 aromatic rings. The van der Waals surface area contributed by atoms with Crippen molar-refractivity contribution in [2.45, 2.75) is 43.5 Å². The molecule has 0 amide bonds. The molecule has 0 saturated heterocycles. The Morgan fingerprint density at radius 3 is 2.07 bits per heavy atom. The predicted molar refractivity (Wildman–Crippen MR) is 50.8 cm³/mol. The van der Waals surface area contributed by atoms with Crippen molar-refractivity contribution in [2.75, 3.05) is 14.2 Å². The Balaban J connectivity index is 2.55. The van der Waals surface area contributed by atoms with E-state index in [0.29, 0.717) is 25.7 Å².